The smallest absolute Gasteiger partial charge is 0.0210 e. The zero-order valence-corrected chi connectivity index (χ0v) is 12.4. The number of nitrogens with one attached hydrogen (secondary N) is 2. The number of aryl methyl sites for hydroxylation is 3. The molecule has 0 unspecified atom stereocenters. The van der Waals surface area contributed by atoms with Gasteiger partial charge in [0, 0.05) is 6.54 Å². The fourth-order valence-corrected chi connectivity index (χ4v) is 2.34. The summed E-state index contributed by atoms with van der Waals surface area (Å²) in [5, 5.41) is 6.96. The highest BCUT2D eigenvalue weighted by atomic mass is 14.9. The Morgan fingerprint density at radius 2 is 1.50 bits per heavy atom. The van der Waals surface area contributed by atoms with Gasteiger partial charge in [-0.1, -0.05) is 24.6 Å². The molecule has 0 aliphatic carbocycles. The van der Waals surface area contributed by atoms with Crippen LogP contribution in [-0.2, 0) is 6.54 Å². The SMILES string of the molecule is CCCNCCCNCc1c(C)cc(C)cc1C. The molecule has 0 fully saturated rings. The van der Waals surface area contributed by atoms with E-state index >= 15 is 0 Å². The molecule has 0 aliphatic rings. The van der Waals surface area contributed by atoms with E-state index in [2.05, 4.69) is 50.5 Å². The van der Waals surface area contributed by atoms with Crippen LogP contribution in [0, 0.1) is 20.8 Å². The quantitative estimate of drug-likeness (QED) is 0.691. The molecule has 0 bridgehead atoms. The molecule has 1 rings (SSSR count). The van der Waals surface area contributed by atoms with Crippen molar-refractivity contribution < 1.29 is 0 Å². The zero-order valence-electron chi connectivity index (χ0n) is 12.4. The van der Waals surface area contributed by atoms with Gasteiger partial charge in [-0.05, 0) is 69.9 Å². The summed E-state index contributed by atoms with van der Waals surface area (Å²) in [5.74, 6) is 0. The third kappa shape index (κ3) is 5.19. The fraction of sp³-hybridized carbons (Fsp3) is 0.625. The summed E-state index contributed by atoms with van der Waals surface area (Å²) in [7, 11) is 0. The van der Waals surface area contributed by atoms with Gasteiger partial charge in [-0.3, -0.25) is 0 Å². The van der Waals surface area contributed by atoms with Crippen molar-refractivity contribution in [2.75, 3.05) is 19.6 Å². The van der Waals surface area contributed by atoms with Gasteiger partial charge in [0.15, 0.2) is 0 Å². The van der Waals surface area contributed by atoms with Crippen molar-refractivity contribution in [3.05, 3.63) is 34.4 Å². The Bertz CT molecular complexity index is 335. The molecule has 0 aromatic heterocycles. The molecule has 0 atom stereocenters. The first-order valence-electron chi connectivity index (χ1n) is 7.13. The van der Waals surface area contributed by atoms with Gasteiger partial charge in [0.1, 0.15) is 0 Å². The third-order valence-corrected chi connectivity index (χ3v) is 3.28. The Labute approximate surface area is 112 Å². The Morgan fingerprint density at radius 1 is 0.889 bits per heavy atom. The molecule has 0 radical (unpaired) electrons. The number of rotatable bonds is 8. The van der Waals surface area contributed by atoms with Crippen molar-refractivity contribution in [2.24, 2.45) is 0 Å². The Kier molecular flexibility index (Phi) is 6.99. The maximum absolute atomic E-state index is 3.54. The Hall–Kier alpha value is -0.860. The van der Waals surface area contributed by atoms with Crippen LogP contribution < -0.4 is 10.6 Å². The summed E-state index contributed by atoms with van der Waals surface area (Å²) in [5.41, 5.74) is 5.63. The second-order valence-corrected chi connectivity index (χ2v) is 5.16. The van der Waals surface area contributed by atoms with Gasteiger partial charge in [0.25, 0.3) is 0 Å². The minimum Gasteiger partial charge on any atom is -0.317 e. The van der Waals surface area contributed by atoms with Crippen LogP contribution in [0.4, 0.5) is 0 Å². The largest absolute Gasteiger partial charge is 0.317 e. The van der Waals surface area contributed by atoms with E-state index in [9.17, 15) is 0 Å². The summed E-state index contributed by atoms with van der Waals surface area (Å²) >= 11 is 0. The average Bonchev–Trinajstić information content (AvgIpc) is 2.30. The fourth-order valence-electron chi connectivity index (χ4n) is 2.34. The molecule has 2 nitrogen and oxygen atoms in total. The van der Waals surface area contributed by atoms with Gasteiger partial charge >= 0.3 is 0 Å². The third-order valence-electron chi connectivity index (χ3n) is 3.28. The maximum Gasteiger partial charge on any atom is 0.0210 e. The van der Waals surface area contributed by atoms with E-state index < -0.39 is 0 Å². The average molecular weight is 248 g/mol. The van der Waals surface area contributed by atoms with Crippen LogP contribution in [0.2, 0.25) is 0 Å². The lowest BCUT2D eigenvalue weighted by molar-refractivity contribution is 0.591. The normalized spacial score (nSPS) is 10.9. The van der Waals surface area contributed by atoms with E-state index in [1.165, 1.54) is 35.1 Å². The molecular formula is C16H28N2. The summed E-state index contributed by atoms with van der Waals surface area (Å²) in [6.45, 7) is 13.1. The van der Waals surface area contributed by atoms with E-state index in [1.807, 2.05) is 0 Å². The lowest BCUT2D eigenvalue weighted by atomic mass is 10.00. The van der Waals surface area contributed by atoms with Crippen molar-refractivity contribution in [3.63, 3.8) is 0 Å². The molecule has 0 heterocycles. The number of hydrogen-bond donors (Lipinski definition) is 2. The first kappa shape index (κ1) is 15.2. The van der Waals surface area contributed by atoms with Crippen molar-refractivity contribution >= 4 is 0 Å². The summed E-state index contributed by atoms with van der Waals surface area (Å²) < 4.78 is 0. The van der Waals surface area contributed by atoms with E-state index in [0.29, 0.717) is 0 Å². The van der Waals surface area contributed by atoms with Gasteiger partial charge in [-0.15, -0.1) is 0 Å². The van der Waals surface area contributed by atoms with Gasteiger partial charge < -0.3 is 10.6 Å². The lowest BCUT2D eigenvalue weighted by Crippen LogP contribution is -2.22. The van der Waals surface area contributed by atoms with E-state index in [-0.39, 0.29) is 0 Å². The van der Waals surface area contributed by atoms with Crippen molar-refractivity contribution in [1.29, 1.82) is 0 Å². The maximum atomic E-state index is 3.54. The van der Waals surface area contributed by atoms with Gasteiger partial charge in [0.05, 0.1) is 0 Å². The first-order chi connectivity index (χ1) is 8.65. The van der Waals surface area contributed by atoms with Crippen LogP contribution in [0.5, 0.6) is 0 Å². The zero-order chi connectivity index (χ0) is 13.4. The predicted octanol–water partition coefficient (Wildman–Crippen LogP) is 3.09. The molecule has 2 heteroatoms. The topological polar surface area (TPSA) is 24.1 Å². The summed E-state index contributed by atoms with van der Waals surface area (Å²) in [6, 6.07) is 4.54. The van der Waals surface area contributed by atoms with Crippen molar-refractivity contribution in [2.45, 2.75) is 47.1 Å². The number of benzene rings is 1. The monoisotopic (exact) mass is 248 g/mol. The van der Waals surface area contributed by atoms with Crippen molar-refractivity contribution in [1.82, 2.24) is 10.6 Å². The first-order valence-corrected chi connectivity index (χ1v) is 7.13. The van der Waals surface area contributed by atoms with Crippen LogP contribution >= 0.6 is 0 Å². The minimum absolute atomic E-state index is 0.992. The molecule has 102 valence electrons. The van der Waals surface area contributed by atoms with Crippen LogP contribution in [0.25, 0.3) is 0 Å². The highest BCUT2D eigenvalue weighted by Gasteiger charge is 2.02. The van der Waals surface area contributed by atoms with E-state index in [4.69, 9.17) is 0 Å². The Balaban J connectivity index is 2.27. The molecule has 0 saturated heterocycles. The molecule has 1 aromatic carbocycles. The molecule has 2 N–H and O–H groups in total. The molecular weight excluding hydrogens is 220 g/mol. The van der Waals surface area contributed by atoms with Gasteiger partial charge in [-0.2, -0.15) is 0 Å². The predicted molar refractivity (Wildman–Crippen MR) is 80.1 cm³/mol. The number of hydrogen-bond acceptors (Lipinski definition) is 2. The standard InChI is InChI=1S/C16H28N2/c1-5-7-17-8-6-9-18-12-16-14(3)10-13(2)11-15(16)4/h10-11,17-18H,5-9,12H2,1-4H3. The second kappa shape index (κ2) is 8.28. The second-order valence-electron chi connectivity index (χ2n) is 5.16. The lowest BCUT2D eigenvalue weighted by Gasteiger charge is -2.12. The molecule has 1 aromatic rings. The van der Waals surface area contributed by atoms with Crippen molar-refractivity contribution in [3.8, 4) is 0 Å². The van der Waals surface area contributed by atoms with Gasteiger partial charge in [0.2, 0.25) is 0 Å². The highest BCUT2D eigenvalue weighted by molar-refractivity contribution is 5.37. The molecule has 0 aliphatic heterocycles. The van der Waals surface area contributed by atoms with Crippen LogP contribution in [-0.4, -0.2) is 19.6 Å². The Morgan fingerprint density at radius 3 is 2.11 bits per heavy atom. The van der Waals surface area contributed by atoms with Crippen LogP contribution in [0.15, 0.2) is 12.1 Å². The van der Waals surface area contributed by atoms with E-state index in [0.717, 1.165) is 26.2 Å². The van der Waals surface area contributed by atoms with Gasteiger partial charge in [-0.25, -0.2) is 0 Å². The molecule has 0 saturated carbocycles. The molecule has 0 amide bonds. The van der Waals surface area contributed by atoms with E-state index in [1.54, 1.807) is 0 Å². The summed E-state index contributed by atoms with van der Waals surface area (Å²) in [4.78, 5) is 0. The van der Waals surface area contributed by atoms with Crippen LogP contribution in [0.1, 0.15) is 42.0 Å². The van der Waals surface area contributed by atoms with Crippen LogP contribution in [0.3, 0.4) is 0 Å². The highest BCUT2D eigenvalue weighted by Crippen LogP contribution is 2.15. The minimum atomic E-state index is 0.992. The molecule has 18 heavy (non-hydrogen) atoms. The summed E-state index contributed by atoms with van der Waals surface area (Å²) in [6.07, 6.45) is 2.42. The molecule has 0 spiro atoms.